The summed E-state index contributed by atoms with van der Waals surface area (Å²) in [6, 6.07) is 5.70. The lowest BCUT2D eigenvalue weighted by Crippen LogP contribution is -2.02. The normalized spacial score (nSPS) is 11.0. The van der Waals surface area contributed by atoms with Gasteiger partial charge in [-0.3, -0.25) is 9.08 Å². The van der Waals surface area contributed by atoms with Crippen molar-refractivity contribution in [2.24, 2.45) is 0 Å². The molecule has 3 heterocycles. The number of carbonyl (C=O) groups is 1. The van der Waals surface area contributed by atoms with Crippen molar-refractivity contribution in [2.75, 3.05) is 5.75 Å². The fourth-order valence-electron chi connectivity index (χ4n) is 1.65. The maximum Gasteiger partial charge on any atom is 0.358 e. The van der Waals surface area contributed by atoms with E-state index < -0.39 is 5.97 Å². The first-order valence-corrected chi connectivity index (χ1v) is 6.78. The molecule has 102 valence electrons. The van der Waals surface area contributed by atoms with E-state index in [4.69, 9.17) is 5.11 Å². The molecular weight excluding hydrogens is 280 g/mol. The molecule has 0 aliphatic heterocycles. The number of pyridine rings is 1. The minimum Gasteiger partial charge on any atom is -0.476 e. The first-order valence-electron chi connectivity index (χ1n) is 5.80. The summed E-state index contributed by atoms with van der Waals surface area (Å²) in [7, 11) is 0. The second kappa shape index (κ2) is 5.29. The lowest BCUT2D eigenvalue weighted by Gasteiger charge is -1.99. The van der Waals surface area contributed by atoms with Gasteiger partial charge in [0.15, 0.2) is 16.5 Å². The summed E-state index contributed by atoms with van der Waals surface area (Å²) >= 11 is 1.52. The van der Waals surface area contributed by atoms with Crippen molar-refractivity contribution in [3.8, 4) is 0 Å². The van der Waals surface area contributed by atoms with E-state index >= 15 is 0 Å². The van der Waals surface area contributed by atoms with Crippen molar-refractivity contribution in [2.45, 2.75) is 11.7 Å². The van der Waals surface area contributed by atoms with Gasteiger partial charge in [-0.25, -0.2) is 4.79 Å². The maximum absolute atomic E-state index is 10.7. The number of aryl methyl sites for hydroxylation is 1. The Hall–Kier alpha value is -2.42. The Balaban J connectivity index is 1.63. The summed E-state index contributed by atoms with van der Waals surface area (Å²) < 4.78 is 3.40. The summed E-state index contributed by atoms with van der Waals surface area (Å²) in [5, 5.41) is 25.0. The molecule has 0 spiro atoms. The fourth-order valence-corrected chi connectivity index (χ4v) is 2.51. The molecule has 1 N–H and O–H groups in total. The number of carboxylic acids is 1. The maximum atomic E-state index is 10.7. The molecule has 0 fully saturated rings. The van der Waals surface area contributed by atoms with Crippen molar-refractivity contribution in [3.63, 3.8) is 0 Å². The van der Waals surface area contributed by atoms with E-state index in [2.05, 4.69) is 20.5 Å². The zero-order valence-corrected chi connectivity index (χ0v) is 11.1. The number of aromatic nitrogens is 6. The summed E-state index contributed by atoms with van der Waals surface area (Å²) in [6.45, 7) is 0.548. The van der Waals surface area contributed by atoms with Gasteiger partial charge in [-0.2, -0.15) is 0 Å². The highest BCUT2D eigenvalue weighted by Crippen LogP contribution is 2.16. The number of rotatable bonds is 5. The molecular formula is C11H10N6O2S. The first kappa shape index (κ1) is 12.6. The zero-order valence-electron chi connectivity index (χ0n) is 10.2. The topological polar surface area (TPSA) is 98.2 Å². The third kappa shape index (κ3) is 2.48. The third-order valence-corrected chi connectivity index (χ3v) is 3.52. The summed E-state index contributed by atoms with van der Waals surface area (Å²) in [5.41, 5.74) is 0.742. The summed E-state index contributed by atoms with van der Waals surface area (Å²) in [5.74, 6) is -0.384. The Morgan fingerprint density at radius 3 is 3.00 bits per heavy atom. The van der Waals surface area contributed by atoms with Gasteiger partial charge in [0.1, 0.15) is 0 Å². The number of fused-ring (bicyclic) bond motifs is 1. The van der Waals surface area contributed by atoms with Gasteiger partial charge in [0.25, 0.3) is 0 Å². The van der Waals surface area contributed by atoms with Crippen LogP contribution < -0.4 is 0 Å². The number of carboxylic acid groups (broad SMARTS) is 1. The van der Waals surface area contributed by atoms with Crippen molar-refractivity contribution < 1.29 is 9.90 Å². The highest BCUT2D eigenvalue weighted by Gasteiger charge is 2.09. The molecule has 0 unspecified atom stereocenters. The number of hydrogen-bond donors (Lipinski definition) is 1. The van der Waals surface area contributed by atoms with E-state index in [-0.39, 0.29) is 5.69 Å². The van der Waals surface area contributed by atoms with Gasteiger partial charge in [-0.15, -0.1) is 15.3 Å². The SMILES string of the molecule is O=C(O)c1cn(CCSc2nnc3ccccn23)nn1. The van der Waals surface area contributed by atoms with Crippen LogP contribution >= 0.6 is 11.8 Å². The second-order valence-corrected chi connectivity index (χ2v) is 4.99. The van der Waals surface area contributed by atoms with Crippen LogP contribution in [0.5, 0.6) is 0 Å². The lowest BCUT2D eigenvalue weighted by atomic mass is 10.5. The minimum absolute atomic E-state index is 0.0528. The van der Waals surface area contributed by atoms with Crippen molar-refractivity contribution in [1.82, 2.24) is 29.6 Å². The standard InChI is InChI=1S/C11H10N6O2S/c18-10(19)8-7-16(15-12-8)5-6-20-11-14-13-9-3-1-2-4-17(9)11/h1-4,7H,5-6H2,(H,18,19). The molecule has 3 aromatic heterocycles. The van der Waals surface area contributed by atoms with Crippen LogP contribution in [-0.2, 0) is 6.54 Å². The van der Waals surface area contributed by atoms with Crippen LogP contribution in [0, 0.1) is 0 Å². The molecule has 0 atom stereocenters. The van der Waals surface area contributed by atoms with Crippen LogP contribution in [0.25, 0.3) is 5.65 Å². The minimum atomic E-state index is -1.08. The summed E-state index contributed by atoms with van der Waals surface area (Å²) in [4.78, 5) is 10.7. The number of aromatic carboxylic acids is 1. The van der Waals surface area contributed by atoms with Gasteiger partial charge in [-0.05, 0) is 12.1 Å². The smallest absolute Gasteiger partial charge is 0.358 e. The van der Waals surface area contributed by atoms with Crippen LogP contribution in [-0.4, -0.2) is 46.4 Å². The quantitative estimate of drug-likeness (QED) is 0.694. The van der Waals surface area contributed by atoms with Gasteiger partial charge < -0.3 is 5.11 Å². The van der Waals surface area contributed by atoms with Crippen LogP contribution in [0.4, 0.5) is 0 Å². The fraction of sp³-hybridized carbons (Fsp3) is 0.182. The zero-order chi connectivity index (χ0) is 13.9. The molecule has 0 bridgehead atoms. The van der Waals surface area contributed by atoms with E-state index in [9.17, 15) is 4.79 Å². The molecule has 8 nitrogen and oxygen atoms in total. The van der Waals surface area contributed by atoms with E-state index in [1.54, 1.807) is 0 Å². The molecule has 0 saturated heterocycles. The van der Waals surface area contributed by atoms with E-state index in [1.165, 1.54) is 22.6 Å². The third-order valence-electron chi connectivity index (χ3n) is 2.59. The van der Waals surface area contributed by atoms with Crippen LogP contribution in [0.15, 0.2) is 35.7 Å². The molecule has 0 aliphatic carbocycles. The second-order valence-electron chi connectivity index (χ2n) is 3.93. The van der Waals surface area contributed by atoms with Gasteiger partial charge in [-0.1, -0.05) is 23.0 Å². The van der Waals surface area contributed by atoms with Crippen LogP contribution in [0.2, 0.25) is 0 Å². The van der Waals surface area contributed by atoms with Crippen LogP contribution in [0.3, 0.4) is 0 Å². The summed E-state index contributed by atoms with van der Waals surface area (Å²) in [6.07, 6.45) is 3.31. The van der Waals surface area contributed by atoms with Crippen LogP contribution in [0.1, 0.15) is 10.5 Å². The van der Waals surface area contributed by atoms with E-state index in [0.29, 0.717) is 12.3 Å². The molecule has 0 aliphatic rings. The van der Waals surface area contributed by atoms with Crippen molar-refractivity contribution >= 4 is 23.4 Å². The first-order chi connectivity index (χ1) is 9.74. The monoisotopic (exact) mass is 290 g/mol. The molecule has 0 amide bonds. The Morgan fingerprint density at radius 1 is 1.30 bits per heavy atom. The van der Waals surface area contributed by atoms with Gasteiger partial charge in [0, 0.05) is 11.9 Å². The van der Waals surface area contributed by atoms with E-state index in [1.807, 2.05) is 28.8 Å². The van der Waals surface area contributed by atoms with Crippen molar-refractivity contribution in [3.05, 3.63) is 36.3 Å². The highest BCUT2D eigenvalue weighted by atomic mass is 32.2. The number of hydrogen-bond acceptors (Lipinski definition) is 6. The largest absolute Gasteiger partial charge is 0.476 e. The van der Waals surface area contributed by atoms with Gasteiger partial charge in [0.2, 0.25) is 0 Å². The Kier molecular flexibility index (Phi) is 3.33. The van der Waals surface area contributed by atoms with E-state index in [0.717, 1.165) is 10.8 Å². The Labute approximate surface area is 117 Å². The predicted octanol–water partition coefficient (Wildman–Crippen LogP) is 0.811. The molecule has 9 heteroatoms. The lowest BCUT2D eigenvalue weighted by molar-refractivity contribution is 0.0690. The molecule has 3 rings (SSSR count). The van der Waals surface area contributed by atoms with Gasteiger partial charge in [0.05, 0.1) is 12.7 Å². The van der Waals surface area contributed by atoms with Crippen molar-refractivity contribution in [1.29, 1.82) is 0 Å². The Morgan fingerprint density at radius 2 is 2.20 bits per heavy atom. The molecule has 3 aromatic rings. The molecule has 0 aromatic carbocycles. The number of nitrogens with zero attached hydrogens (tertiary/aromatic N) is 6. The predicted molar refractivity (Wildman–Crippen MR) is 70.7 cm³/mol. The average molecular weight is 290 g/mol. The average Bonchev–Trinajstić information content (AvgIpc) is 3.06. The number of thioether (sulfide) groups is 1. The van der Waals surface area contributed by atoms with Gasteiger partial charge >= 0.3 is 5.97 Å². The molecule has 20 heavy (non-hydrogen) atoms. The molecule has 0 radical (unpaired) electrons. The highest BCUT2D eigenvalue weighted by molar-refractivity contribution is 7.99. The Bertz CT molecular complexity index is 752. The molecule has 0 saturated carbocycles.